The number of likely N-dealkylation sites (tertiary alicyclic amines) is 1. The summed E-state index contributed by atoms with van der Waals surface area (Å²) in [5.74, 6) is 0.717. The largest absolute Gasteiger partial charge is 0.484 e. The van der Waals surface area contributed by atoms with Gasteiger partial charge in [0, 0.05) is 25.6 Å². The summed E-state index contributed by atoms with van der Waals surface area (Å²) in [6.45, 7) is 1.85. The number of ether oxygens (including phenoxy) is 1. The molecular weight excluding hydrogens is 388 g/mol. The van der Waals surface area contributed by atoms with Crippen LogP contribution >= 0.6 is 0 Å². The van der Waals surface area contributed by atoms with Crippen molar-refractivity contribution in [3.8, 4) is 5.75 Å². The standard InChI is InChI=1S/C26H28N2O3/c29-25(19-31-23-10-2-1-3-11-23)28-17-14-22(15-18-28)26(30)27-16-13-21-9-6-8-20-7-4-5-12-24(20)21/h1-12,22H,13-19H2,(H,27,30). The molecule has 0 spiro atoms. The van der Waals surface area contributed by atoms with Gasteiger partial charge in [-0.2, -0.15) is 0 Å². The van der Waals surface area contributed by atoms with Crippen molar-refractivity contribution in [2.75, 3.05) is 26.2 Å². The first-order valence-corrected chi connectivity index (χ1v) is 10.9. The van der Waals surface area contributed by atoms with Crippen LogP contribution in [0.3, 0.4) is 0 Å². The van der Waals surface area contributed by atoms with E-state index < -0.39 is 0 Å². The van der Waals surface area contributed by atoms with Gasteiger partial charge in [-0.25, -0.2) is 0 Å². The number of nitrogens with one attached hydrogen (secondary N) is 1. The first-order valence-electron chi connectivity index (χ1n) is 10.9. The summed E-state index contributed by atoms with van der Waals surface area (Å²) in [5.41, 5.74) is 1.25. The van der Waals surface area contributed by atoms with Gasteiger partial charge >= 0.3 is 0 Å². The Morgan fingerprint density at radius 2 is 1.61 bits per heavy atom. The summed E-state index contributed by atoms with van der Waals surface area (Å²) in [5, 5.41) is 5.55. The molecule has 0 bridgehead atoms. The van der Waals surface area contributed by atoms with Crippen molar-refractivity contribution >= 4 is 22.6 Å². The van der Waals surface area contributed by atoms with E-state index in [0.717, 1.165) is 6.42 Å². The van der Waals surface area contributed by atoms with Crippen molar-refractivity contribution in [2.24, 2.45) is 5.92 Å². The Labute approximate surface area is 183 Å². The molecule has 1 heterocycles. The highest BCUT2D eigenvalue weighted by Gasteiger charge is 2.27. The van der Waals surface area contributed by atoms with Crippen LogP contribution in [0, 0.1) is 5.92 Å². The first kappa shape index (κ1) is 20.9. The van der Waals surface area contributed by atoms with Crippen LogP contribution < -0.4 is 10.1 Å². The Kier molecular flexibility index (Phi) is 6.82. The van der Waals surface area contributed by atoms with Crippen molar-refractivity contribution in [2.45, 2.75) is 19.3 Å². The van der Waals surface area contributed by atoms with Gasteiger partial charge in [0.1, 0.15) is 5.75 Å². The van der Waals surface area contributed by atoms with E-state index >= 15 is 0 Å². The van der Waals surface area contributed by atoms with Crippen LogP contribution in [-0.4, -0.2) is 43.0 Å². The quantitative estimate of drug-likeness (QED) is 0.637. The maximum absolute atomic E-state index is 12.6. The molecule has 5 nitrogen and oxygen atoms in total. The summed E-state index contributed by atoms with van der Waals surface area (Å²) < 4.78 is 5.55. The molecule has 5 heteroatoms. The molecule has 0 aromatic heterocycles. The third-order valence-corrected chi connectivity index (χ3v) is 5.90. The predicted octanol–water partition coefficient (Wildman–Crippen LogP) is 3.82. The lowest BCUT2D eigenvalue weighted by molar-refractivity contribution is -0.137. The fraction of sp³-hybridized carbons (Fsp3) is 0.308. The lowest BCUT2D eigenvalue weighted by Gasteiger charge is -2.31. The Morgan fingerprint density at radius 3 is 2.42 bits per heavy atom. The first-order chi connectivity index (χ1) is 15.2. The molecule has 1 fully saturated rings. The van der Waals surface area contributed by atoms with Crippen molar-refractivity contribution in [1.82, 2.24) is 10.2 Å². The maximum Gasteiger partial charge on any atom is 0.260 e. The van der Waals surface area contributed by atoms with Gasteiger partial charge in [0.25, 0.3) is 5.91 Å². The number of hydrogen-bond acceptors (Lipinski definition) is 3. The van der Waals surface area contributed by atoms with Crippen molar-refractivity contribution in [1.29, 1.82) is 0 Å². The summed E-state index contributed by atoms with van der Waals surface area (Å²) in [7, 11) is 0. The average molecular weight is 417 g/mol. The van der Waals surface area contributed by atoms with Crippen LogP contribution in [0.15, 0.2) is 72.8 Å². The highest BCUT2D eigenvalue weighted by atomic mass is 16.5. The molecule has 3 aromatic rings. The average Bonchev–Trinajstić information content (AvgIpc) is 2.83. The Hall–Kier alpha value is -3.34. The number of piperidine rings is 1. The molecule has 1 N–H and O–H groups in total. The summed E-state index contributed by atoms with van der Waals surface area (Å²) >= 11 is 0. The predicted molar refractivity (Wildman–Crippen MR) is 122 cm³/mol. The Balaban J connectivity index is 1.20. The molecule has 0 aliphatic carbocycles. The normalized spacial score (nSPS) is 14.4. The summed E-state index contributed by atoms with van der Waals surface area (Å²) in [6, 6.07) is 24.0. The second kappa shape index (κ2) is 10.1. The number of benzene rings is 3. The molecular formula is C26H28N2O3. The molecule has 1 aliphatic heterocycles. The molecule has 0 saturated carbocycles. The molecule has 160 valence electrons. The number of para-hydroxylation sites is 1. The minimum absolute atomic E-state index is 0.0290. The van der Waals surface area contributed by atoms with E-state index in [-0.39, 0.29) is 24.3 Å². The van der Waals surface area contributed by atoms with Crippen molar-refractivity contribution in [3.63, 3.8) is 0 Å². The van der Waals surface area contributed by atoms with E-state index in [9.17, 15) is 9.59 Å². The minimum atomic E-state index is -0.0355. The van der Waals surface area contributed by atoms with Gasteiger partial charge in [-0.1, -0.05) is 60.7 Å². The molecule has 0 radical (unpaired) electrons. The van der Waals surface area contributed by atoms with Gasteiger partial charge in [0.2, 0.25) is 5.91 Å². The van der Waals surface area contributed by atoms with Gasteiger partial charge in [-0.05, 0) is 47.7 Å². The zero-order chi connectivity index (χ0) is 21.5. The molecule has 0 atom stereocenters. The molecule has 3 aromatic carbocycles. The minimum Gasteiger partial charge on any atom is -0.484 e. The SMILES string of the molecule is O=C(NCCc1cccc2ccccc12)C1CCN(C(=O)COc2ccccc2)CC1. The van der Waals surface area contributed by atoms with E-state index in [2.05, 4.69) is 35.6 Å². The monoisotopic (exact) mass is 416 g/mol. The molecule has 1 aliphatic rings. The van der Waals surface area contributed by atoms with E-state index in [4.69, 9.17) is 4.74 Å². The number of carbonyl (C=O) groups excluding carboxylic acids is 2. The van der Waals surface area contributed by atoms with Gasteiger partial charge in [-0.3, -0.25) is 9.59 Å². The Bertz CT molecular complexity index is 1020. The van der Waals surface area contributed by atoms with E-state index in [1.54, 1.807) is 4.90 Å². The number of amides is 2. The molecule has 2 amide bonds. The lowest BCUT2D eigenvalue weighted by atomic mass is 9.95. The molecule has 4 rings (SSSR count). The zero-order valence-corrected chi connectivity index (χ0v) is 17.6. The zero-order valence-electron chi connectivity index (χ0n) is 17.6. The number of carbonyl (C=O) groups is 2. The summed E-state index contributed by atoms with van der Waals surface area (Å²) in [4.78, 5) is 26.8. The number of hydrogen-bond donors (Lipinski definition) is 1. The lowest BCUT2D eigenvalue weighted by Crippen LogP contribution is -2.44. The second-order valence-corrected chi connectivity index (χ2v) is 7.94. The number of nitrogens with zero attached hydrogens (tertiary/aromatic N) is 1. The van der Waals surface area contributed by atoms with Crippen LogP contribution in [0.1, 0.15) is 18.4 Å². The fourth-order valence-electron chi connectivity index (χ4n) is 4.12. The maximum atomic E-state index is 12.6. The highest BCUT2D eigenvalue weighted by Crippen LogP contribution is 2.20. The number of fused-ring (bicyclic) bond motifs is 1. The van der Waals surface area contributed by atoms with Crippen molar-refractivity contribution < 1.29 is 14.3 Å². The third kappa shape index (κ3) is 5.43. The van der Waals surface area contributed by atoms with Crippen LogP contribution in [-0.2, 0) is 16.0 Å². The summed E-state index contributed by atoms with van der Waals surface area (Å²) in [6.07, 6.45) is 2.19. The number of rotatable bonds is 7. The second-order valence-electron chi connectivity index (χ2n) is 7.94. The van der Waals surface area contributed by atoms with E-state index in [0.29, 0.717) is 38.2 Å². The van der Waals surface area contributed by atoms with E-state index in [1.165, 1.54) is 16.3 Å². The highest BCUT2D eigenvalue weighted by molar-refractivity contribution is 5.86. The van der Waals surface area contributed by atoms with Crippen LogP contribution in [0.4, 0.5) is 0 Å². The molecule has 31 heavy (non-hydrogen) atoms. The smallest absolute Gasteiger partial charge is 0.260 e. The van der Waals surface area contributed by atoms with Crippen LogP contribution in [0.5, 0.6) is 5.75 Å². The molecule has 0 unspecified atom stereocenters. The van der Waals surface area contributed by atoms with Gasteiger partial charge in [0.05, 0.1) is 0 Å². The van der Waals surface area contributed by atoms with Crippen LogP contribution in [0.2, 0.25) is 0 Å². The molecule has 1 saturated heterocycles. The Morgan fingerprint density at radius 1 is 0.903 bits per heavy atom. The van der Waals surface area contributed by atoms with Gasteiger partial charge in [-0.15, -0.1) is 0 Å². The fourth-order valence-corrected chi connectivity index (χ4v) is 4.12. The van der Waals surface area contributed by atoms with Gasteiger partial charge in [0.15, 0.2) is 6.61 Å². The third-order valence-electron chi connectivity index (χ3n) is 5.90. The van der Waals surface area contributed by atoms with E-state index in [1.807, 2.05) is 42.5 Å². The van der Waals surface area contributed by atoms with Crippen LogP contribution in [0.25, 0.3) is 10.8 Å². The topological polar surface area (TPSA) is 58.6 Å². The van der Waals surface area contributed by atoms with Crippen molar-refractivity contribution in [3.05, 3.63) is 78.4 Å². The van der Waals surface area contributed by atoms with Gasteiger partial charge < -0.3 is 15.0 Å².